The van der Waals surface area contributed by atoms with Crippen molar-refractivity contribution >= 4 is 5.97 Å². The molecule has 0 saturated heterocycles. The summed E-state index contributed by atoms with van der Waals surface area (Å²) in [7, 11) is 0. The molecule has 0 bridgehead atoms. The van der Waals surface area contributed by atoms with Crippen LogP contribution in [0.5, 0.6) is 0 Å². The van der Waals surface area contributed by atoms with E-state index in [1.165, 1.54) is 6.42 Å². The molecule has 1 N–H and O–H groups in total. The second-order valence-corrected chi connectivity index (χ2v) is 5.22. The Morgan fingerprint density at radius 2 is 2.27 bits per heavy atom. The number of ether oxygens (including phenoxy) is 1. The normalized spacial score (nSPS) is 27.1. The summed E-state index contributed by atoms with van der Waals surface area (Å²) >= 11 is 0. The zero-order valence-corrected chi connectivity index (χ0v) is 9.95. The molecule has 0 aliphatic heterocycles. The summed E-state index contributed by atoms with van der Waals surface area (Å²) < 4.78 is 4.84. The number of carbonyl (C=O) groups excluding carboxylic acids is 1. The second kappa shape index (κ2) is 4.97. The van der Waals surface area contributed by atoms with E-state index < -0.39 is 12.1 Å². The van der Waals surface area contributed by atoms with Gasteiger partial charge in [-0.05, 0) is 37.5 Å². The second-order valence-electron chi connectivity index (χ2n) is 5.22. The summed E-state index contributed by atoms with van der Waals surface area (Å²) in [6.07, 6.45) is 3.19. The standard InChI is InChI=1S/C12H22O3/c1-4-15-11(14)10(13)9-6-5-7-12(2,3)8-9/h9-10,13H,4-8H2,1-3H3. The molecule has 0 radical (unpaired) electrons. The molecule has 1 fully saturated rings. The van der Waals surface area contributed by atoms with Gasteiger partial charge in [-0.3, -0.25) is 0 Å². The fourth-order valence-corrected chi connectivity index (χ4v) is 2.45. The lowest BCUT2D eigenvalue weighted by Gasteiger charge is -2.36. The van der Waals surface area contributed by atoms with Crippen LogP contribution in [-0.2, 0) is 9.53 Å². The molecule has 0 aromatic heterocycles. The molecule has 0 aromatic carbocycles. The highest BCUT2D eigenvalue weighted by atomic mass is 16.5. The minimum Gasteiger partial charge on any atom is -0.464 e. The van der Waals surface area contributed by atoms with Gasteiger partial charge < -0.3 is 9.84 Å². The first kappa shape index (κ1) is 12.5. The van der Waals surface area contributed by atoms with E-state index in [1.807, 2.05) is 0 Å². The molecule has 0 heterocycles. The SMILES string of the molecule is CCOC(=O)C(O)C1CCCC(C)(C)C1. The van der Waals surface area contributed by atoms with Gasteiger partial charge in [0.05, 0.1) is 6.61 Å². The molecule has 1 aliphatic rings. The smallest absolute Gasteiger partial charge is 0.335 e. The average molecular weight is 214 g/mol. The molecule has 3 heteroatoms. The van der Waals surface area contributed by atoms with Gasteiger partial charge in [-0.25, -0.2) is 4.79 Å². The van der Waals surface area contributed by atoms with Crippen LogP contribution in [0.3, 0.4) is 0 Å². The molecule has 1 rings (SSSR count). The van der Waals surface area contributed by atoms with Crippen LogP contribution in [0.15, 0.2) is 0 Å². The van der Waals surface area contributed by atoms with Crippen LogP contribution in [0.1, 0.15) is 46.5 Å². The van der Waals surface area contributed by atoms with E-state index in [4.69, 9.17) is 4.74 Å². The number of carbonyl (C=O) groups is 1. The van der Waals surface area contributed by atoms with Crippen LogP contribution < -0.4 is 0 Å². The zero-order chi connectivity index (χ0) is 11.5. The van der Waals surface area contributed by atoms with E-state index in [9.17, 15) is 9.90 Å². The fraction of sp³-hybridized carbons (Fsp3) is 0.917. The van der Waals surface area contributed by atoms with Gasteiger partial charge in [-0.2, -0.15) is 0 Å². The topological polar surface area (TPSA) is 46.5 Å². The fourth-order valence-electron chi connectivity index (χ4n) is 2.45. The molecular formula is C12H22O3. The molecule has 2 atom stereocenters. The van der Waals surface area contributed by atoms with Crippen molar-refractivity contribution in [3.05, 3.63) is 0 Å². The number of esters is 1. The maximum absolute atomic E-state index is 11.4. The van der Waals surface area contributed by atoms with Crippen molar-refractivity contribution in [2.45, 2.75) is 52.6 Å². The third kappa shape index (κ3) is 3.49. The number of aliphatic hydroxyl groups is 1. The predicted molar refractivity (Wildman–Crippen MR) is 58.4 cm³/mol. The van der Waals surface area contributed by atoms with Gasteiger partial charge in [0.1, 0.15) is 0 Å². The zero-order valence-electron chi connectivity index (χ0n) is 9.95. The van der Waals surface area contributed by atoms with Crippen LogP contribution >= 0.6 is 0 Å². The Morgan fingerprint density at radius 1 is 1.60 bits per heavy atom. The molecule has 1 aliphatic carbocycles. The first-order valence-electron chi connectivity index (χ1n) is 5.81. The predicted octanol–water partition coefficient (Wildman–Crippen LogP) is 2.13. The summed E-state index contributed by atoms with van der Waals surface area (Å²) in [5.74, 6) is -0.381. The molecule has 0 amide bonds. The van der Waals surface area contributed by atoms with E-state index in [-0.39, 0.29) is 11.3 Å². The van der Waals surface area contributed by atoms with Crippen LogP contribution in [0.4, 0.5) is 0 Å². The first-order chi connectivity index (χ1) is 6.96. The quantitative estimate of drug-likeness (QED) is 0.732. The Kier molecular flexibility index (Phi) is 4.14. The van der Waals surface area contributed by atoms with Crippen LogP contribution in [0.25, 0.3) is 0 Å². The van der Waals surface area contributed by atoms with Crippen LogP contribution in [0, 0.1) is 11.3 Å². The Labute approximate surface area is 91.8 Å². The van der Waals surface area contributed by atoms with E-state index in [0.717, 1.165) is 19.3 Å². The molecule has 88 valence electrons. The Balaban J connectivity index is 2.52. The van der Waals surface area contributed by atoms with E-state index >= 15 is 0 Å². The lowest BCUT2D eigenvalue weighted by Crippen LogP contribution is -2.36. The summed E-state index contributed by atoms with van der Waals surface area (Å²) in [5.41, 5.74) is 0.246. The monoisotopic (exact) mass is 214 g/mol. The van der Waals surface area contributed by atoms with Gasteiger partial charge in [-0.15, -0.1) is 0 Å². The third-order valence-corrected chi connectivity index (χ3v) is 3.22. The van der Waals surface area contributed by atoms with Crippen LogP contribution in [0.2, 0.25) is 0 Å². The minimum atomic E-state index is -0.926. The lowest BCUT2D eigenvalue weighted by molar-refractivity contribution is -0.157. The molecular weight excluding hydrogens is 192 g/mol. The molecule has 2 unspecified atom stereocenters. The highest BCUT2D eigenvalue weighted by molar-refractivity contribution is 5.74. The molecule has 0 aromatic rings. The molecule has 3 nitrogen and oxygen atoms in total. The Bertz CT molecular complexity index is 223. The number of hydrogen-bond acceptors (Lipinski definition) is 3. The molecule has 1 saturated carbocycles. The van der Waals surface area contributed by atoms with Crippen molar-refractivity contribution in [3.63, 3.8) is 0 Å². The number of aliphatic hydroxyl groups excluding tert-OH is 1. The Morgan fingerprint density at radius 3 is 2.80 bits per heavy atom. The van der Waals surface area contributed by atoms with E-state index in [1.54, 1.807) is 6.92 Å². The highest BCUT2D eigenvalue weighted by Gasteiger charge is 2.35. The first-order valence-corrected chi connectivity index (χ1v) is 5.81. The Hall–Kier alpha value is -0.570. The van der Waals surface area contributed by atoms with E-state index in [0.29, 0.717) is 6.61 Å². The van der Waals surface area contributed by atoms with Crippen molar-refractivity contribution in [2.24, 2.45) is 11.3 Å². The minimum absolute atomic E-state index is 0.0767. The summed E-state index contributed by atoms with van der Waals surface area (Å²) in [6.45, 7) is 6.48. The van der Waals surface area contributed by atoms with Crippen molar-refractivity contribution in [1.82, 2.24) is 0 Å². The lowest BCUT2D eigenvalue weighted by atomic mass is 9.70. The number of hydrogen-bond donors (Lipinski definition) is 1. The summed E-state index contributed by atoms with van der Waals surface area (Å²) in [5, 5.41) is 9.83. The summed E-state index contributed by atoms with van der Waals surface area (Å²) in [6, 6.07) is 0. The van der Waals surface area contributed by atoms with Gasteiger partial charge in [0, 0.05) is 0 Å². The van der Waals surface area contributed by atoms with Crippen molar-refractivity contribution in [1.29, 1.82) is 0 Å². The van der Waals surface area contributed by atoms with Gasteiger partial charge in [-0.1, -0.05) is 20.3 Å². The van der Waals surface area contributed by atoms with Crippen LogP contribution in [-0.4, -0.2) is 23.8 Å². The summed E-state index contributed by atoms with van der Waals surface area (Å²) in [4.78, 5) is 11.4. The largest absolute Gasteiger partial charge is 0.464 e. The van der Waals surface area contributed by atoms with Crippen molar-refractivity contribution in [2.75, 3.05) is 6.61 Å². The number of rotatable bonds is 3. The van der Waals surface area contributed by atoms with Gasteiger partial charge in [0.25, 0.3) is 0 Å². The third-order valence-electron chi connectivity index (χ3n) is 3.22. The maximum atomic E-state index is 11.4. The average Bonchev–Trinajstić information content (AvgIpc) is 2.15. The van der Waals surface area contributed by atoms with Gasteiger partial charge >= 0.3 is 5.97 Å². The van der Waals surface area contributed by atoms with Crippen molar-refractivity contribution < 1.29 is 14.6 Å². The van der Waals surface area contributed by atoms with Gasteiger partial charge in [0.2, 0.25) is 0 Å². The highest BCUT2D eigenvalue weighted by Crippen LogP contribution is 2.39. The molecule has 15 heavy (non-hydrogen) atoms. The van der Waals surface area contributed by atoms with Gasteiger partial charge in [0.15, 0.2) is 6.10 Å². The van der Waals surface area contributed by atoms with Crippen molar-refractivity contribution in [3.8, 4) is 0 Å². The van der Waals surface area contributed by atoms with E-state index in [2.05, 4.69) is 13.8 Å². The maximum Gasteiger partial charge on any atom is 0.335 e. The molecule has 0 spiro atoms.